The Morgan fingerprint density at radius 3 is 2.50 bits per heavy atom. The standard InChI is InChI=1S/C13H17O3/c1-9(2)15-12-8-6-5-7-11(12)13(14)16-10(3)4/h5-7,9-10H,1-4H3. The molecule has 0 spiro atoms. The van der Waals surface area contributed by atoms with Crippen molar-refractivity contribution in [3.63, 3.8) is 0 Å². The lowest BCUT2D eigenvalue weighted by Crippen LogP contribution is -2.15. The molecule has 0 unspecified atom stereocenters. The van der Waals surface area contributed by atoms with Gasteiger partial charge in [-0.05, 0) is 33.8 Å². The van der Waals surface area contributed by atoms with Crippen molar-refractivity contribution in [2.75, 3.05) is 0 Å². The van der Waals surface area contributed by atoms with Gasteiger partial charge in [-0.3, -0.25) is 0 Å². The average molecular weight is 221 g/mol. The van der Waals surface area contributed by atoms with E-state index in [4.69, 9.17) is 9.47 Å². The third-order valence-corrected chi connectivity index (χ3v) is 1.73. The minimum atomic E-state index is -0.373. The van der Waals surface area contributed by atoms with Crippen molar-refractivity contribution in [2.24, 2.45) is 0 Å². The second-order valence-electron chi connectivity index (χ2n) is 4.03. The Balaban J connectivity index is 2.89. The first-order chi connectivity index (χ1) is 7.50. The second-order valence-corrected chi connectivity index (χ2v) is 4.03. The van der Waals surface area contributed by atoms with Gasteiger partial charge in [0.05, 0.1) is 12.2 Å². The lowest BCUT2D eigenvalue weighted by atomic mass is 10.2. The highest BCUT2D eigenvalue weighted by molar-refractivity contribution is 5.92. The van der Waals surface area contributed by atoms with Crippen LogP contribution in [0.4, 0.5) is 0 Å². The highest BCUT2D eigenvalue weighted by Crippen LogP contribution is 2.20. The van der Waals surface area contributed by atoms with Crippen LogP contribution in [0.15, 0.2) is 18.2 Å². The van der Waals surface area contributed by atoms with E-state index in [0.717, 1.165) is 0 Å². The van der Waals surface area contributed by atoms with Gasteiger partial charge in [0.15, 0.2) is 0 Å². The number of hydrogen-bond acceptors (Lipinski definition) is 3. The van der Waals surface area contributed by atoms with E-state index >= 15 is 0 Å². The molecule has 0 amide bonds. The van der Waals surface area contributed by atoms with Crippen LogP contribution in [0.25, 0.3) is 0 Å². The van der Waals surface area contributed by atoms with E-state index in [1.54, 1.807) is 18.2 Å². The molecule has 0 atom stereocenters. The van der Waals surface area contributed by atoms with Crippen LogP contribution in [0, 0.1) is 6.07 Å². The van der Waals surface area contributed by atoms with Gasteiger partial charge < -0.3 is 9.47 Å². The molecule has 0 saturated carbocycles. The molecule has 1 radical (unpaired) electrons. The molecule has 0 fully saturated rings. The van der Waals surface area contributed by atoms with Gasteiger partial charge in [-0.15, -0.1) is 0 Å². The monoisotopic (exact) mass is 221 g/mol. The summed E-state index contributed by atoms with van der Waals surface area (Å²) < 4.78 is 10.6. The number of carbonyl (C=O) groups excluding carboxylic acids is 1. The number of rotatable bonds is 4. The van der Waals surface area contributed by atoms with E-state index in [0.29, 0.717) is 11.3 Å². The summed E-state index contributed by atoms with van der Waals surface area (Å²) in [6.45, 7) is 7.43. The SMILES string of the molecule is CC(C)OC(=O)c1ccc[c]c1OC(C)C. The number of hydrogen-bond donors (Lipinski definition) is 0. The molecule has 1 rings (SSSR count). The minimum absolute atomic E-state index is 0.00394. The zero-order chi connectivity index (χ0) is 12.1. The molecule has 1 aromatic carbocycles. The number of carbonyl (C=O) groups is 1. The Kier molecular flexibility index (Phi) is 4.35. The average Bonchev–Trinajstić information content (AvgIpc) is 2.16. The first-order valence-electron chi connectivity index (χ1n) is 5.39. The van der Waals surface area contributed by atoms with E-state index < -0.39 is 0 Å². The normalized spacial score (nSPS) is 10.6. The van der Waals surface area contributed by atoms with Crippen LogP contribution in [-0.2, 0) is 4.74 Å². The third-order valence-electron chi connectivity index (χ3n) is 1.73. The molecule has 87 valence electrons. The van der Waals surface area contributed by atoms with Crippen molar-refractivity contribution in [1.29, 1.82) is 0 Å². The predicted octanol–water partition coefficient (Wildman–Crippen LogP) is 2.84. The fourth-order valence-electron chi connectivity index (χ4n) is 1.19. The van der Waals surface area contributed by atoms with E-state index in [9.17, 15) is 4.79 Å². The molecule has 3 nitrogen and oxygen atoms in total. The Bertz CT molecular complexity index is 356. The molecule has 16 heavy (non-hydrogen) atoms. The summed E-state index contributed by atoms with van der Waals surface area (Å²) in [6.07, 6.45) is -0.135. The molecule has 0 bridgehead atoms. The number of benzene rings is 1. The summed E-state index contributed by atoms with van der Waals surface area (Å²) in [4.78, 5) is 11.7. The van der Waals surface area contributed by atoms with Gasteiger partial charge in [0.2, 0.25) is 0 Å². The molecular formula is C13H17O3. The molecular weight excluding hydrogens is 204 g/mol. The maximum atomic E-state index is 11.7. The Labute approximate surface area is 96.4 Å². The lowest BCUT2D eigenvalue weighted by Gasteiger charge is -2.14. The molecule has 0 aromatic heterocycles. The quantitative estimate of drug-likeness (QED) is 0.733. The number of esters is 1. The van der Waals surface area contributed by atoms with Gasteiger partial charge in [0, 0.05) is 6.07 Å². The summed E-state index contributed by atoms with van der Waals surface area (Å²) >= 11 is 0. The van der Waals surface area contributed by atoms with Gasteiger partial charge in [0.1, 0.15) is 11.3 Å². The molecule has 0 saturated heterocycles. The molecule has 0 aliphatic rings. The van der Waals surface area contributed by atoms with Crippen LogP contribution in [0.5, 0.6) is 5.75 Å². The first kappa shape index (κ1) is 12.6. The highest BCUT2D eigenvalue weighted by Gasteiger charge is 2.15. The Morgan fingerprint density at radius 2 is 1.94 bits per heavy atom. The summed E-state index contributed by atoms with van der Waals surface area (Å²) in [5.74, 6) is 0.0747. The van der Waals surface area contributed by atoms with Crippen molar-refractivity contribution < 1.29 is 14.3 Å². The summed E-state index contributed by atoms with van der Waals surface area (Å²) in [6, 6.07) is 8.03. The van der Waals surface area contributed by atoms with Crippen LogP contribution in [-0.4, -0.2) is 18.2 Å². The molecule has 0 aliphatic heterocycles. The van der Waals surface area contributed by atoms with E-state index in [1.165, 1.54) is 0 Å². The van der Waals surface area contributed by atoms with Gasteiger partial charge in [-0.2, -0.15) is 0 Å². The molecule has 0 N–H and O–H groups in total. The zero-order valence-corrected chi connectivity index (χ0v) is 10.1. The van der Waals surface area contributed by atoms with Gasteiger partial charge >= 0.3 is 5.97 Å². The Morgan fingerprint density at radius 1 is 1.25 bits per heavy atom. The fraction of sp³-hybridized carbons (Fsp3) is 0.462. The maximum Gasteiger partial charge on any atom is 0.342 e. The molecule has 3 heteroatoms. The van der Waals surface area contributed by atoms with Crippen LogP contribution in [0.3, 0.4) is 0 Å². The van der Waals surface area contributed by atoms with Crippen LogP contribution < -0.4 is 4.74 Å². The van der Waals surface area contributed by atoms with E-state index in [-0.39, 0.29) is 18.2 Å². The third kappa shape index (κ3) is 3.57. The summed E-state index contributed by atoms with van der Waals surface area (Å²) in [5, 5.41) is 0. The van der Waals surface area contributed by atoms with Gasteiger partial charge in [-0.1, -0.05) is 12.1 Å². The minimum Gasteiger partial charge on any atom is -0.489 e. The number of para-hydroxylation sites is 1. The van der Waals surface area contributed by atoms with E-state index in [1.807, 2.05) is 27.7 Å². The van der Waals surface area contributed by atoms with Crippen LogP contribution in [0.1, 0.15) is 38.1 Å². The predicted molar refractivity (Wildman–Crippen MR) is 61.6 cm³/mol. The molecule has 0 heterocycles. The summed E-state index contributed by atoms with van der Waals surface area (Å²) in [5.41, 5.74) is 0.421. The lowest BCUT2D eigenvalue weighted by molar-refractivity contribution is 0.0372. The van der Waals surface area contributed by atoms with Gasteiger partial charge in [-0.25, -0.2) is 4.79 Å². The smallest absolute Gasteiger partial charge is 0.342 e. The van der Waals surface area contributed by atoms with Crippen molar-refractivity contribution in [3.8, 4) is 5.75 Å². The maximum absolute atomic E-state index is 11.7. The summed E-state index contributed by atoms with van der Waals surface area (Å²) in [7, 11) is 0. The zero-order valence-electron chi connectivity index (χ0n) is 10.1. The van der Waals surface area contributed by atoms with Crippen molar-refractivity contribution >= 4 is 5.97 Å². The molecule has 0 aliphatic carbocycles. The molecule has 1 aromatic rings. The largest absolute Gasteiger partial charge is 0.489 e. The number of ether oxygens (including phenoxy) is 2. The topological polar surface area (TPSA) is 35.5 Å². The van der Waals surface area contributed by atoms with Crippen molar-refractivity contribution in [1.82, 2.24) is 0 Å². The highest BCUT2D eigenvalue weighted by atomic mass is 16.5. The van der Waals surface area contributed by atoms with Gasteiger partial charge in [0.25, 0.3) is 0 Å². The van der Waals surface area contributed by atoms with Crippen molar-refractivity contribution in [3.05, 3.63) is 29.8 Å². The fourth-order valence-corrected chi connectivity index (χ4v) is 1.19. The first-order valence-corrected chi connectivity index (χ1v) is 5.39. The second kappa shape index (κ2) is 5.54. The van der Waals surface area contributed by atoms with Crippen LogP contribution in [0.2, 0.25) is 0 Å². The van der Waals surface area contributed by atoms with Crippen molar-refractivity contribution in [2.45, 2.75) is 39.9 Å². The Hall–Kier alpha value is -1.51. The van der Waals surface area contributed by atoms with E-state index in [2.05, 4.69) is 6.07 Å². The van der Waals surface area contributed by atoms with Crippen LogP contribution >= 0.6 is 0 Å².